The van der Waals surface area contributed by atoms with Gasteiger partial charge in [0.2, 0.25) is 0 Å². The number of hydrogen-bond donors (Lipinski definition) is 1. The first-order valence-corrected chi connectivity index (χ1v) is 10.3. The van der Waals surface area contributed by atoms with Gasteiger partial charge in [0.1, 0.15) is 0 Å². The van der Waals surface area contributed by atoms with E-state index in [9.17, 15) is 4.79 Å². The van der Waals surface area contributed by atoms with Gasteiger partial charge < -0.3 is 4.90 Å². The van der Waals surface area contributed by atoms with Crippen LogP contribution in [0.1, 0.15) is 40.3 Å². The van der Waals surface area contributed by atoms with Crippen LogP contribution >= 0.6 is 15.9 Å². The van der Waals surface area contributed by atoms with E-state index in [0.717, 1.165) is 27.7 Å². The fourth-order valence-corrected chi connectivity index (χ4v) is 4.33. The number of H-pyrrole nitrogens is 1. The zero-order chi connectivity index (χ0) is 20.1. The van der Waals surface area contributed by atoms with Crippen molar-refractivity contribution in [1.29, 1.82) is 0 Å². The minimum absolute atomic E-state index is 0.0183. The van der Waals surface area contributed by atoms with Crippen molar-refractivity contribution in [1.82, 2.24) is 29.7 Å². The molecule has 1 aliphatic heterocycles. The minimum Gasteiger partial charge on any atom is -0.330 e. The van der Waals surface area contributed by atoms with E-state index in [4.69, 9.17) is 0 Å². The fraction of sp³-hybridized carbons (Fsp3) is 0.238. The Morgan fingerprint density at radius 3 is 2.97 bits per heavy atom. The molecule has 1 amide bonds. The lowest BCUT2D eigenvalue weighted by Gasteiger charge is -2.35. The van der Waals surface area contributed by atoms with E-state index < -0.39 is 0 Å². The Kier molecular flexibility index (Phi) is 4.24. The second-order valence-electron chi connectivity index (χ2n) is 7.33. The zero-order valence-corrected chi connectivity index (χ0v) is 17.6. The number of carbonyl (C=O) groups excluding carboxylic acids is 1. The third-order valence-electron chi connectivity index (χ3n) is 5.59. The van der Waals surface area contributed by atoms with E-state index in [-0.39, 0.29) is 11.9 Å². The molecule has 1 aliphatic rings. The predicted octanol–water partition coefficient (Wildman–Crippen LogP) is 3.95. The molecule has 4 aromatic rings. The highest BCUT2D eigenvalue weighted by molar-refractivity contribution is 9.10. The minimum atomic E-state index is -0.0699. The summed E-state index contributed by atoms with van der Waals surface area (Å²) in [7, 11) is 0. The molecule has 1 atom stereocenters. The Hall–Kier alpha value is -3.00. The lowest BCUT2D eigenvalue weighted by Crippen LogP contribution is -2.39. The van der Waals surface area contributed by atoms with Crippen molar-refractivity contribution >= 4 is 27.5 Å². The highest BCUT2D eigenvalue weighted by Gasteiger charge is 2.30. The number of halogens is 1. The highest BCUT2D eigenvalue weighted by atomic mass is 79.9. The number of fused-ring (bicyclic) bond motifs is 2. The molecular formula is C21H19BrN6O. The van der Waals surface area contributed by atoms with Crippen molar-refractivity contribution in [2.75, 3.05) is 6.54 Å². The smallest absolute Gasteiger partial charge is 0.274 e. The van der Waals surface area contributed by atoms with E-state index >= 15 is 0 Å². The Labute approximate surface area is 175 Å². The maximum Gasteiger partial charge on any atom is 0.274 e. The second-order valence-corrected chi connectivity index (χ2v) is 8.24. The monoisotopic (exact) mass is 450 g/mol. The Morgan fingerprint density at radius 2 is 2.17 bits per heavy atom. The summed E-state index contributed by atoms with van der Waals surface area (Å²) >= 11 is 3.38. The molecule has 8 heteroatoms. The molecule has 0 saturated carbocycles. The van der Waals surface area contributed by atoms with Gasteiger partial charge in [-0.1, -0.05) is 18.2 Å². The summed E-state index contributed by atoms with van der Waals surface area (Å²) < 4.78 is 2.44. The molecule has 0 bridgehead atoms. The highest BCUT2D eigenvalue weighted by Crippen LogP contribution is 2.34. The van der Waals surface area contributed by atoms with Crippen LogP contribution in [0, 0.1) is 6.92 Å². The number of aromatic nitrogens is 5. The van der Waals surface area contributed by atoms with Gasteiger partial charge in [0, 0.05) is 36.8 Å². The molecule has 3 aromatic heterocycles. The van der Waals surface area contributed by atoms with Crippen molar-refractivity contribution < 1.29 is 4.79 Å². The standard InChI is InChI=1S/C21H19BrN6O/c1-12-18(10-24-25-12)14-3-4-17-13(2)27(6-5-15(17)7-14)21(29)19-8-20-23-9-16(22)11-28(20)26-19/h3-4,7-11,13H,5-6H2,1-2H3,(H,24,25). The van der Waals surface area contributed by atoms with Crippen molar-refractivity contribution in [3.05, 3.63) is 69.8 Å². The second kappa shape index (κ2) is 6.81. The first-order valence-electron chi connectivity index (χ1n) is 9.47. The van der Waals surface area contributed by atoms with E-state index in [0.29, 0.717) is 17.9 Å². The van der Waals surface area contributed by atoms with Crippen molar-refractivity contribution in [3.63, 3.8) is 0 Å². The molecule has 0 radical (unpaired) electrons. The molecule has 29 heavy (non-hydrogen) atoms. The Morgan fingerprint density at radius 1 is 1.31 bits per heavy atom. The van der Waals surface area contributed by atoms with Crippen molar-refractivity contribution in [2.24, 2.45) is 0 Å². The Bertz CT molecular complexity index is 1240. The van der Waals surface area contributed by atoms with Gasteiger partial charge in [-0.15, -0.1) is 0 Å². The molecule has 1 N–H and O–H groups in total. The largest absolute Gasteiger partial charge is 0.330 e. The summed E-state index contributed by atoms with van der Waals surface area (Å²) in [6.45, 7) is 4.73. The van der Waals surface area contributed by atoms with Crippen LogP contribution in [0.4, 0.5) is 0 Å². The van der Waals surface area contributed by atoms with Crippen LogP contribution < -0.4 is 0 Å². The van der Waals surface area contributed by atoms with Crippen molar-refractivity contribution in [3.8, 4) is 11.1 Å². The molecule has 1 aromatic carbocycles. The average Bonchev–Trinajstić information content (AvgIpc) is 3.33. The molecule has 146 valence electrons. The normalized spacial score (nSPS) is 16.2. The summed E-state index contributed by atoms with van der Waals surface area (Å²) in [6, 6.07) is 8.17. The maximum atomic E-state index is 13.2. The van der Waals surface area contributed by atoms with Gasteiger partial charge in [-0.3, -0.25) is 9.89 Å². The molecule has 4 heterocycles. The molecule has 7 nitrogen and oxygen atoms in total. The molecule has 0 spiro atoms. The topological polar surface area (TPSA) is 79.2 Å². The van der Waals surface area contributed by atoms with E-state index in [1.807, 2.05) is 18.0 Å². The molecule has 5 rings (SSSR count). The quantitative estimate of drug-likeness (QED) is 0.501. The number of nitrogens with zero attached hydrogens (tertiary/aromatic N) is 5. The summed E-state index contributed by atoms with van der Waals surface area (Å²) in [4.78, 5) is 19.4. The summed E-state index contributed by atoms with van der Waals surface area (Å²) in [5.74, 6) is -0.0699. The third kappa shape index (κ3) is 3.04. The van der Waals surface area contributed by atoms with Gasteiger partial charge >= 0.3 is 0 Å². The number of carbonyl (C=O) groups is 1. The lowest BCUT2D eigenvalue weighted by atomic mass is 9.90. The number of hydrogen-bond acceptors (Lipinski definition) is 4. The van der Waals surface area contributed by atoms with Crippen LogP contribution in [0.15, 0.2) is 47.3 Å². The van der Waals surface area contributed by atoms with Crippen molar-refractivity contribution in [2.45, 2.75) is 26.3 Å². The molecule has 1 unspecified atom stereocenters. The Balaban J connectivity index is 1.45. The fourth-order valence-electron chi connectivity index (χ4n) is 4.03. The van der Waals surface area contributed by atoms with Crippen LogP contribution in [0.3, 0.4) is 0 Å². The molecule has 0 aliphatic carbocycles. The SMILES string of the molecule is Cc1n[nH]cc1-c1ccc2c(c1)CCN(C(=O)c1cc3ncc(Br)cn3n1)C2C. The summed E-state index contributed by atoms with van der Waals surface area (Å²) in [5, 5.41) is 11.6. The van der Waals surface area contributed by atoms with Crippen LogP contribution in [-0.2, 0) is 6.42 Å². The number of aromatic amines is 1. The number of aryl methyl sites for hydroxylation is 1. The van der Waals surface area contributed by atoms with Gasteiger partial charge in [-0.2, -0.15) is 10.2 Å². The lowest BCUT2D eigenvalue weighted by molar-refractivity contribution is 0.0671. The number of nitrogens with one attached hydrogen (secondary N) is 1. The first-order chi connectivity index (χ1) is 14.0. The van der Waals surface area contributed by atoms with Gasteiger partial charge in [-0.25, -0.2) is 9.50 Å². The van der Waals surface area contributed by atoms with E-state index in [1.54, 1.807) is 23.0 Å². The summed E-state index contributed by atoms with van der Waals surface area (Å²) in [5.41, 5.74) is 6.77. The predicted molar refractivity (Wildman–Crippen MR) is 113 cm³/mol. The molecule has 0 saturated heterocycles. The maximum absolute atomic E-state index is 13.2. The van der Waals surface area contributed by atoms with Crippen LogP contribution in [0.25, 0.3) is 16.8 Å². The van der Waals surface area contributed by atoms with E-state index in [2.05, 4.69) is 61.3 Å². The summed E-state index contributed by atoms with van der Waals surface area (Å²) in [6.07, 6.45) is 6.24. The van der Waals surface area contributed by atoms with Gasteiger partial charge in [0.05, 0.1) is 16.2 Å². The molecular weight excluding hydrogens is 432 g/mol. The van der Waals surface area contributed by atoms with Crippen LogP contribution in [-0.4, -0.2) is 42.1 Å². The average molecular weight is 451 g/mol. The van der Waals surface area contributed by atoms with Gasteiger partial charge in [0.25, 0.3) is 5.91 Å². The zero-order valence-electron chi connectivity index (χ0n) is 16.1. The van der Waals surface area contributed by atoms with Gasteiger partial charge in [-0.05, 0) is 52.9 Å². The third-order valence-corrected chi connectivity index (χ3v) is 6.00. The number of benzene rings is 1. The number of rotatable bonds is 2. The first kappa shape index (κ1) is 18.1. The molecule has 0 fully saturated rings. The van der Waals surface area contributed by atoms with Crippen LogP contribution in [0.2, 0.25) is 0 Å². The number of amides is 1. The van der Waals surface area contributed by atoms with Gasteiger partial charge in [0.15, 0.2) is 11.3 Å². The van der Waals surface area contributed by atoms with Crippen LogP contribution in [0.5, 0.6) is 0 Å². The van der Waals surface area contributed by atoms with E-state index in [1.165, 1.54) is 11.1 Å².